The van der Waals surface area contributed by atoms with E-state index < -0.39 is 81.4 Å². The van der Waals surface area contributed by atoms with E-state index in [0.717, 1.165) is 4.90 Å². The Bertz CT molecular complexity index is 1200. The first kappa shape index (κ1) is 38.2. The van der Waals surface area contributed by atoms with Crippen molar-refractivity contribution in [2.75, 3.05) is 18.8 Å². The average Bonchev–Trinajstić information content (AvgIpc) is 3.23. The van der Waals surface area contributed by atoms with E-state index in [9.17, 15) is 46.5 Å². The molecule has 0 saturated carbocycles. The molecule has 0 bridgehead atoms. The number of carbonyl (C=O) groups excluding carboxylic acids is 7. The number of amides is 7. The van der Waals surface area contributed by atoms with Gasteiger partial charge in [-0.05, 0) is 31.6 Å². The van der Waals surface area contributed by atoms with E-state index in [-0.39, 0.29) is 31.7 Å². The number of Topliss-reactive ketones (excluding diaryl/α,β-unsaturated/α-hetero) is 1. The van der Waals surface area contributed by atoms with Crippen molar-refractivity contribution >= 4 is 51.5 Å². The van der Waals surface area contributed by atoms with Gasteiger partial charge in [0.2, 0.25) is 17.7 Å². The van der Waals surface area contributed by atoms with E-state index >= 15 is 0 Å². The van der Waals surface area contributed by atoms with Gasteiger partial charge in [-0.1, -0.05) is 34.1 Å². The molecule has 7 amide bonds. The third kappa shape index (κ3) is 14.1. The summed E-state index contributed by atoms with van der Waals surface area (Å²) in [6.07, 6.45) is 3.88. The smallest absolute Gasteiger partial charge is 0.312 e. The van der Waals surface area contributed by atoms with Crippen molar-refractivity contribution in [2.24, 2.45) is 17.6 Å². The Morgan fingerprint density at radius 2 is 1.48 bits per heavy atom. The number of hydrogen-bond acceptors (Lipinski definition) is 9. The van der Waals surface area contributed by atoms with Crippen LogP contribution in [-0.4, -0.2) is 96.2 Å². The maximum atomic E-state index is 13.2. The Labute approximate surface area is 257 Å². The summed E-state index contributed by atoms with van der Waals surface area (Å²) >= 11 is 0. The molecule has 0 saturated heterocycles. The molecule has 0 aromatic carbocycles. The Balaban J connectivity index is 2.83. The second-order valence-electron chi connectivity index (χ2n) is 11.1. The SMILES string of the molecule is CC(C)C(=O)[C@@H](CCCNC(N)=O)NC(=O)C(NC(=O)[C@@H](CS(=O)(=O)O)NC(=O)CCCCCN1C(=O)C=CC1=O)C(C)C. The normalized spacial score (nSPS) is 15.2. The van der Waals surface area contributed by atoms with Crippen LogP contribution in [-0.2, 0) is 38.9 Å². The highest BCUT2D eigenvalue weighted by atomic mass is 32.2. The van der Waals surface area contributed by atoms with E-state index in [0.29, 0.717) is 25.7 Å². The summed E-state index contributed by atoms with van der Waals surface area (Å²) in [6.45, 7) is 6.86. The molecule has 1 aliphatic heterocycles. The number of ketones is 1. The fraction of sp³-hybridized carbons (Fsp3) is 0.667. The van der Waals surface area contributed by atoms with Crippen LogP contribution in [0.4, 0.5) is 4.79 Å². The van der Waals surface area contributed by atoms with E-state index in [2.05, 4.69) is 21.3 Å². The lowest BCUT2D eigenvalue weighted by molar-refractivity contribution is -0.137. The Morgan fingerprint density at radius 3 is 2.00 bits per heavy atom. The first-order valence-corrected chi connectivity index (χ1v) is 16.0. The number of nitrogens with zero attached hydrogens (tertiary/aromatic N) is 1. The van der Waals surface area contributed by atoms with Crippen LogP contribution in [0.2, 0.25) is 0 Å². The maximum absolute atomic E-state index is 13.2. The molecule has 1 rings (SSSR count). The summed E-state index contributed by atoms with van der Waals surface area (Å²) in [6, 6.07) is -4.65. The third-order valence-electron chi connectivity index (χ3n) is 6.66. The average molecular weight is 645 g/mol. The largest absolute Gasteiger partial charge is 0.352 e. The number of primary amides is 1. The van der Waals surface area contributed by atoms with Gasteiger partial charge in [-0.3, -0.25) is 38.2 Å². The quantitative estimate of drug-likeness (QED) is 0.0543. The van der Waals surface area contributed by atoms with Crippen LogP contribution in [0, 0.1) is 11.8 Å². The molecule has 0 aromatic heterocycles. The molecule has 0 fully saturated rings. The van der Waals surface area contributed by atoms with Crippen molar-refractivity contribution in [1.29, 1.82) is 0 Å². The molecule has 1 unspecified atom stereocenters. The lowest BCUT2D eigenvalue weighted by Crippen LogP contribution is -2.58. The minimum absolute atomic E-state index is 0.118. The first-order chi connectivity index (χ1) is 20.4. The minimum Gasteiger partial charge on any atom is -0.352 e. The molecule has 0 aliphatic carbocycles. The molecule has 1 heterocycles. The summed E-state index contributed by atoms with van der Waals surface area (Å²) in [7, 11) is -4.73. The second-order valence-corrected chi connectivity index (χ2v) is 12.6. The molecule has 17 heteroatoms. The number of carbonyl (C=O) groups is 7. The molecule has 0 spiro atoms. The summed E-state index contributed by atoms with van der Waals surface area (Å²) in [5.74, 6) is -5.69. The lowest BCUT2D eigenvalue weighted by atomic mass is 9.96. The standard InChI is InChI=1S/C27H44N6O10S/c1-16(2)23(26(39)31-18(24(37)17(3)4)9-8-13-29-27(28)40)32-25(38)19(15-44(41,42)43)30-20(34)10-6-5-7-14-33-21(35)11-12-22(33)36/h11-12,16-19,23H,5-10,13-15H2,1-4H3,(H,30,34)(H,31,39)(H,32,38)(H3,28,29,40)(H,41,42,43)/t18-,19-,23?/m1/s1. The predicted octanol–water partition coefficient (Wildman–Crippen LogP) is -0.856. The monoisotopic (exact) mass is 644 g/mol. The highest BCUT2D eigenvalue weighted by Crippen LogP contribution is 2.11. The van der Waals surface area contributed by atoms with Crippen LogP contribution >= 0.6 is 0 Å². The van der Waals surface area contributed by atoms with Gasteiger partial charge in [0.25, 0.3) is 21.9 Å². The Kier molecular flexibility index (Phi) is 15.7. The predicted molar refractivity (Wildman–Crippen MR) is 158 cm³/mol. The first-order valence-electron chi connectivity index (χ1n) is 14.4. The molecule has 16 nitrogen and oxygen atoms in total. The maximum Gasteiger partial charge on any atom is 0.312 e. The van der Waals surface area contributed by atoms with Crippen molar-refractivity contribution in [2.45, 2.75) is 84.3 Å². The number of imide groups is 1. The van der Waals surface area contributed by atoms with Gasteiger partial charge in [-0.2, -0.15) is 8.42 Å². The molecular weight excluding hydrogens is 600 g/mol. The molecule has 0 aromatic rings. The van der Waals surface area contributed by atoms with Crippen LogP contribution in [0.25, 0.3) is 0 Å². The number of hydrogen-bond donors (Lipinski definition) is 6. The fourth-order valence-electron chi connectivity index (χ4n) is 4.30. The summed E-state index contributed by atoms with van der Waals surface area (Å²) < 4.78 is 32.6. The highest BCUT2D eigenvalue weighted by Gasteiger charge is 2.33. The zero-order chi connectivity index (χ0) is 33.6. The molecule has 7 N–H and O–H groups in total. The van der Waals surface area contributed by atoms with Crippen molar-refractivity contribution in [3.05, 3.63) is 12.2 Å². The van der Waals surface area contributed by atoms with Crippen LogP contribution in [0.1, 0.15) is 66.2 Å². The zero-order valence-corrected chi connectivity index (χ0v) is 26.3. The minimum atomic E-state index is -4.73. The number of unbranched alkanes of at least 4 members (excludes halogenated alkanes) is 2. The van der Waals surface area contributed by atoms with Gasteiger partial charge in [-0.25, -0.2) is 4.79 Å². The van der Waals surface area contributed by atoms with Crippen LogP contribution in [0.5, 0.6) is 0 Å². The Morgan fingerprint density at radius 1 is 0.864 bits per heavy atom. The zero-order valence-electron chi connectivity index (χ0n) is 25.5. The lowest BCUT2D eigenvalue weighted by Gasteiger charge is -2.27. The van der Waals surface area contributed by atoms with Gasteiger partial charge in [0.15, 0.2) is 5.78 Å². The third-order valence-corrected chi connectivity index (χ3v) is 7.41. The highest BCUT2D eigenvalue weighted by molar-refractivity contribution is 7.85. The summed E-state index contributed by atoms with van der Waals surface area (Å²) in [5, 5.41) is 9.69. The van der Waals surface area contributed by atoms with Crippen LogP contribution in [0.15, 0.2) is 12.2 Å². The number of rotatable bonds is 20. The topological polar surface area (TPSA) is 251 Å². The summed E-state index contributed by atoms with van der Waals surface area (Å²) in [5.41, 5.74) is 5.05. The fourth-order valence-corrected chi connectivity index (χ4v) is 4.96. The number of urea groups is 1. The molecule has 0 radical (unpaired) electrons. The van der Waals surface area contributed by atoms with Gasteiger partial charge < -0.3 is 27.0 Å². The number of nitrogens with two attached hydrogens (primary N) is 1. The van der Waals surface area contributed by atoms with Gasteiger partial charge in [0.05, 0.1) is 6.04 Å². The molecule has 1 aliphatic rings. The molecule has 44 heavy (non-hydrogen) atoms. The summed E-state index contributed by atoms with van der Waals surface area (Å²) in [4.78, 5) is 86.7. The molecular formula is C27H44N6O10S. The van der Waals surface area contributed by atoms with Gasteiger partial charge in [-0.15, -0.1) is 0 Å². The van der Waals surface area contributed by atoms with Crippen molar-refractivity contribution in [3.63, 3.8) is 0 Å². The molecule has 248 valence electrons. The van der Waals surface area contributed by atoms with Crippen molar-refractivity contribution in [1.82, 2.24) is 26.2 Å². The van der Waals surface area contributed by atoms with E-state index in [1.807, 2.05) is 0 Å². The van der Waals surface area contributed by atoms with Crippen molar-refractivity contribution < 1.29 is 46.5 Å². The molecule has 3 atom stereocenters. The van der Waals surface area contributed by atoms with Crippen LogP contribution in [0.3, 0.4) is 0 Å². The van der Waals surface area contributed by atoms with E-state index in [1.54, 1.807) is 27.7 Å². The van der Waals surface area contributed by atoms with Crippen molar-refractivity contribution in [3.8, 4) is 0 Å². The van der Waals surface area contributed by atoms with Gasteiger partial charge >= 0.3 is 6.03 Å². The van der Waals surface area contributed by atoms with Crippen LogP contribution < -0.4 is 27.0 Å². The van der Waals surface area contributed by atoms with Gasteiger partial charge in [0.1, 0.15) is 17.8 Å². The van der Waals surface area contributed by atoms with E-state index in [4.69, 9.17) is 5.73 Å². The Hall–Kier alpha value is -3.86. The van der Waals surface area contributed by atoms with E-state index in [1.165, 1.54) is 12.2 Å². The van der Waals surface area contributed by atoms with Gasteiger partial charge in [0, 0.05) is 37.6 Å². The number of nitrogens with one attached hydrogen (secondary N) is 4. The second kappa shape index (κ2) is 18.1.